The number of ether oxygens (including phenoxy) is 1. The zero-order chi connectivity index (χ0) is 13.0. The highest BCUT2D eigenvalue weighted by Gasteiger charge is 2.44. The highest BCUT2D eigenvalue weighted by molar-refractivity contribution is 5.00. The van der Waals surface area contributed by atoms with Gasteiger partial charge in [0.2, 0.25) is 0 Å². The molecule has 0 amide bonds. The summed E-state index contributed by atoms with van der Waals surface area (Å²) in [5, 5.41) is 0. The van der Waals surface area contributed by atoms with Crippen LogP contribution in [-0.4, -0.2) is 19.3 Å². The predicted octanol–water partition coefficient (Wildman–Crippen LogP) is 3.74. The van der Waals surface area contributed by atoms with Crippen molar-refractivity contribution in [3.05, 3.63) is 0 Å². The fourth-order valence-corrected chi connectivity index (χ4v) is 4.48. The Morgan fingerprint density at radius 2 is 1.78 bits per heavy atom. The van der Waals surface area contributed by atoms with E-state index in [0.29, 0.717) is 5.92 Å². The lowest BCUT2D eigenvalue weighted by molar-refractivity contribution is 0.0242. The summed E-state index contributed by atoms with van der Waals surface area (Å²) in [5.41, 5.74) is 6.92. The van der Waals surface area contributed by atoms with Crippen LogP contribution in [0.1, 0.15) is 64.7 Å². The maximum absolute atomic E-state index is 6.88. The van der Waals surface area contributed by atoms with Crippen LogP contribution in [0.3, 0.4) is 0 Å². The summed E-state index contributed by atoms with van der Waals surface area (Å²) < 4.78 is 5.38. The molecule has 2 aliphatic carbocycles. The molecule has 2 heteroatoms. The Balaban J connectivity index is 2.08. The summed E-state index contributed by atoms with van der Waals surface area (Å²) in [6.07, 6.45) is 12.4. The Morgan fingerprint density at radius 1 is 1.11 bits per heavy atom. The van der Waals surface area contributed by atoms with Crippen LogP contribution in [0.15, 0.2) is 0 Å². The number of nitrogens with two attached hydrogens (primary N) is 1. The fourth-order valence-electron chi connectivity index (χ4n) is 4.48. The molecule has 0 aromatic rings. The standard InChI is InChI=1S/C16H31NO/c1-13(12-18-2)16(17)11-7-6-10-15(16)14-8-4-3-5-9-14/h13-15H,3-12,17H2,1-2H3. The van der Waals surface area contributed by atoms with Crippen molar-refractivity contribution in [2.75, 3.05) is 13.7 Å². The number of hydrogen-bond acceptors (Lipinski definition) is 2. The third-order valence-corrected chi connectivity index (χ3v) is 5.62. The largest absolute Gasteiger partial charge is 0.384 e. The summed E-state index contributed by atoms with van der Waals surface area (Å²) in [5.74, 6) is 2.13. The van der Waals surface area contributed by atoms with E-state index in [9.17, 15) is 0 Å². The Morgan fingerprint density at radius 3 is 2.44 bits per heavy atom. The summed E-state index contributed by atoms with van der Waals surface area (Å²) >= 11 is 0. The van der Waals surface area contributed by atoms with Gasteiger partial charge in [-0.1, -0.05) is 51.9 Å². The summed E-state index contributed by atoms with van der Waals surface area (Å²) in [6, 6.07) is 0. The third-order valence-electron chi connectivity index (χ3n) is 5.62. The van der Waals surface area contributed by atoms with Gasteiger partial charge in [0.05, 0.1) is 6.61 Å². The fraction of sp³-hybridized carbons (Fsp3) is 1.00. The van der Waals surface area contributed by atoms with Crippen molar-refractivity contribution in [1.29, 1.82) is 0 Å². The first-order valence-electron chi connectivity index (χ1n) is 7.96. The van der Waals surface area contributed by atoms with Gasteiger partial charge in [-0.25, -0.2) is 0 Å². The number of hydrogen-bond donors (Lipinski definition) is 1. The van der Waals surface area contributed by atoms with Crippen LogP contribution in [0.4, 0.5) is 0 Å². The molecule has 3 unspecified atom stereocenters. The molecule has 2 rings (SSSR count). The van der Waals surface area contributed by atoms with Gasteiger partial charge in [-0.05, 0) is 30.6 Å². The van der Waals surface area contributed by atoms with E-state index in [4.69, 9.17) is 10.5 Å². The molecule has 0 heterocycles. The Labute approximate surface area is 113 Å². The lowest BCUT2D eigenvalue weighted by atomic mass is 9.60. The molecule has 0 aromatic carbocycles. The lowest BCUT2D eigenvalue weighted by Gasteiger charge is -2.49. The Hall–Kier alpha value is -0.0800. The first-order valence-corrected chi connectivity index (χ1v) is 7.96. The van der Waals surface area contributed by atoms with Crippen LogP contribution in [0.5, 0.6) is 0 Å². The zero-order valence-corrected chi connectivity index (χ0v) is 12.3. The van der Waals surface area contributed by atoms with E-state index in [1.54, 1.807) is 7.11 Å². The van der Waals surface area contributed by atoms with Crippen molar-refractivity contribution in [3.8, 4) is 0 Å². The summed E-state index contributed by atoms with van der Waals surface area (Å²) in [4.78, 5) is 0. The second kappa shape index (κ2) is 6.38. The molecule has 2 aliphatic rings. The molecular weight excluding hydrogens is 222 g/mol. The second-order valence-corrected chi connectivity index (χ2v) is 6.72. The molecule has 0 radical (unpaired) electrons. The van der Waals surface area contributed by atoms with Gasteiger partial charge >= 0.3 is 0 Å². The van der Waals surface area contributed by atoms with E-state index >= 15 is 0 Å². The van der Waals surface area contributed by atoms with Crippen molar-refractivity contribution in [1.82, 2.24) is 0 Å². The molecular formula is C16H31NO. The van der Waals surface area contributed by atoms with Gasteiger partial charge in [-0.3, -0.25) is 0 Å². The van der Waals surface area contributed by atoms with Gasteiger partial charge in [-0.2, -0.15) is 0 Å². The van der Waals surface area contributed by atoms with Crippen molar-refractivity contribution in [2.45, 2.75) is 70.3 Å². The van der Waals surface area contributed by atoms with Crippen molar-refractivity contribution >= 4 is 0 Å². The van der Waals surface area contributed by atoms with Crippen LogP contribution >= 0.6 is 0 Å². The molecule has 2 saturated carbocycles. The number of rotatable bonds is 4. The Kier molecular flexibility index (Phi) is 5.08. The third kappa shape index (κ3) is 2.91. The average Bonchev–Trinajstić information content (AvgIpc) is 2.40. The SMILES string of the molecule is COCC(C)C1(N)CCCCC1C1CCCCC1. The van der Waals surface area contributed by atoms with Gasteiger partial charge in [0.25, 0.3) is 0 Å². The maximum atomic E-state index is 6.88. The quantitative estimate of drug-likeness (QED) is 0.828. The lowest BCUT2D eigenvalue weighted by Crippen LogP contribution is -2.57. The van der Waals surface area contributed by atoms with E-state index in [1.807, 2.05) is 0 Å². The molecule has 0 aromatic heterocycles. The molecule has 0 aliphatic heterocycles. The molecule has 3 atom stereocenters. The van der Waals surface area contributed by atoms with Crippen LogP contribution in [0.25, 0.3) is 0 Å². The van der Waals surface area contributed by atoms with Crippen molar-refractivity contribution < 1.29 is 4.74 Å². The minimum atomic E-state index is 0.0380. The van der Waals surface area contributed by atoms with E-state index in [0.717, 1.165) is 18.4 Å². The predicted molar refractivity (Wildman–Crippen MR) is 76.5 cm³/mol. The second-order valence-electron chi connectivity index (χ2n) is 6.72. The minimum absolute atomic E-state index is 0.0380. The monoisotopic (exact) mass is 253 g/mol. The van der Waals surface area contributed by atoms with Crippen LogP contribution in [0.2, 0.25) is 0 Å². The maximum Gasteiger partial charge on any atom is 0.0505 e. The first kappa shape index (κ1) is 14.3. The van der Waals surface area contributed by atoms with Gasteiger partial charge < -0.3 is 10.5 Å². The van der Waals surface area contributed by atoms with Crippen LogP contribution < -0.4 is 5.73 Å². The highest BCUT2D eigenvalue weighted by Crippen LogP contribution is 2.45. The van der Waals surface area contributed by atoms with Gasteiger partial charge in [0.1, 0.15) is 0 Å². The molecule has 0 spiro atoms. The zero-order valence-electron chi connectivity index (χ0n) is 12.3. The van der Waals surface area contributed by atoms with E-state index in [2.05, 4.69) is 6.92 Å². The smallest absolute Gasteiger partial charge is 0.0505 e. The molecule has 2 nitrogen and oxygen atoms in total. The van der Waals surface area contributed by atoms with Crippen LogP contribution in [-0.2, 0) is 4.74 Å². The Bertz CT molecular complexity index is 249. The highest BCUT2D eigenvalue weighted by atomic mass is 16.5. The van der Waals surface area contributed by atoms with Crippen LogP contribution in [0, 0.1) is 17.8 Å². The van der Waals surface area contributed by atoms with E-state index in [-0.39, 0.29) is 5.54 Å². The van der Waals surface area contributed by atoms with Crippen molar-refractivity contribution in [3.63, 3.8) is 0 Å². The summed E-state index contributed by atoms with van der Waals surface area (Å²) in [7, 11) is 1.80. The van der Waals surface area contributed by atoms with E-state index in [1.165, 1.54) is 57.8 Å². The normalized spacial score (nSPS) is 36.5. The molecule has 0 saturated heterocycles. The molecule has 0 bridgehead atoms. The average molecular weight is 253 g/mol. The summed E-state index contributed by atoms with van der Waals surface area (Å²) in [6.45, 7) is 3.12. The van der Waals surface area contributed by atoms with E-state index < -0.39 is 0 Å². The molecule has 18 heavy (non-hydrogen) atoms. The molecule has 106 valence electrons. The van der Waals surface area contributed by atoms with Gasteiger partial charge in [0, 0.05) is 12.6 Å². The first-order chi connectivity index (χ1) is 8.68. The molecule has 2 fully saturated rings. The van der Waals surface area contributed by atoms with Gasteiger partial charge in [-0.15, -0.1) is 0 Å². The minimum Gasteiger partial charge on any atom is -0.384 e. The van der Waals surface area contributed by atoms with Gasteiger partial charge in [0.15, 0.2) is 0 Å². The molecule has 2 N–H and O–H groups in total. The topological polar surface area (TPSA) is 35.2 Å². The van der Waals surface area contributed by atoms with Crippen molar-refractivity contribution in [2.24, 2.45) is 23.5 Å². The number of methoxy groups -OCH3 is 1.